The normalized spacial score (nSPS) is 12.0. The summed E-state index contributed by atoms with van der Waals surface area (Å²) in [6.45, 7) is 1.72. The molecule has 0 aliphatic heterocycles. The summed E-state index contributed by atoms with van der Waals surface area (Å²) in [7, 11) is 2.90. The highest BCUT2D eigenvalue weighted by Crippen LogP contribution is 2.26. The third-order valence-corrected chi connectivity index (χ3v) is 4.90. The van der Waals surface area contributed by atoms with E-state index in [1.54, 1.807) is 56.5 Å². The lowest BCUT2D eigenvalue weighted by Gasteiger charge is -2.16. The number of hydrogen-bond acceptors (Lipinski definition) is 6. The predicted octanol–water partition coefficient (Wildman–Crippen LogP) is 3.05. The number of thioether (sulfide) groups is 1. The zero-order valence-electron chi connectivity index (χ0n) is 14.6. The Morgan fingerprint density at radius 3 is 2.65 bits per heavy atom. The zero-order chi connectivity index (χ0) is 18.7. The molecule has 3 rings (SSSR count). The van der Waals surface area contributed by atoms with Gasteiger partial charge in [0, 0.05) is 6.07 Å². The zero-order valence-corrected chi connectivity index (χ0v) is 15.4. The third-order valence-electron chi connectivity index (χ3n) is 3.87. The summed E-state index contributed by atoms with van der Waals surface area (Å²) in [4.78, 5) is 29.6. The van der Waals surface area contributed by atoms with Gasteiger partial charge in [-0.25, -0.2) is 4.98 Å². The molecule has 0 aliphatic carbocycles. The number of aromatic nitrogens is 2. The maximum Gasteiger partial charge on any atom is 0.318 e. The van der Waals surface area contributed by atoms with Gasteiger partial charge in [0.2, 0.25) is 0 Å². The van der Waals surface area contributed by atoms with Gasteiger partial charge in [0.1, 0.15) is 11.0 Å². The summed E-state index contributed by atoms with van der Waals surface area (Å²) in [5, 5.41) is 0.412. The number of nitrogens with zero attached hydrogens (tertiary/aromatic N) is 2. The van der Waals surface area contributed by atoms with Gasteiger partial charge in [0.25, 0.3) is 5.56 Å². The molecular weight excluding hydrogens is 352 g/mol. The highest BCUT2D eigenvalue weighted by molar-refractivity contribution is 8.00. The molecule has 134 valence electrons. The minimum atomic E-state index is -0.509. The predicted molar refractivity (Wildman–Crippen MR) is 101 cm³/mol. The second-order valence-electron chi connectivity index (χ2n) is 5.54. The van der Waals surface area contributed by atoms with E-state index in [0.29, 0.717) is 27.5 Å². The number of carbonyl (C=O) groups excluding carboxylic acids is 1. The molecule has 6 nitrogen and oxygen atoms in total. The van der Waals surface area contributed by atoms with Gasteiger partial charge in [-0.1, -0.05) is 30.0 Å². The van der Waals surface area contributed by atoms with Crippen LogP contribution in [0.1, 0.15) is 6.92 Å². The van der Waals surface area contributed by atoms with Crippen molar-refractivity contribution < 1.29 is 14.3 Å². The molecule has 1 unspecified atom stereocenters. The lowest BCUT2D eigenvalue weighted by molar-refractivity contribution is -0.139. The Balaban J connectivity index is 2.23. The molecule has 1 atom stereocenters. The standard InChI is InChI=1S/C19H18N2O4S/c1-12(18(23)25-3)26-19-20-16-10-5-4-9-15(16)17(22)21(19)13-7-6-8-14(11-13)24-2/h4-12H,1-3H3. The number of benzene rings is 2. The van der Waals surface area contributed by atoms with Gasteiger partial charge in [-0.2, -0.15) is 0 Å². The van der Waals surface area contributed by atoms with Crippen LogP contribution in [0.15, 0.2) is 58.5 Å². The van der Waals surface area contributed by atoms with Gasteiger partial charge >= 0.3 is 5.97 Å². The van der Waals surface area contributed by atoms with Crippen molar-refractivity contribution in [2.45, 2.75) is 17.3 Å². The largest absolute Gasteiger partial charge is 0.497 e. The maximum absolute atomic E-state index is 13.1. The van der Waals surface area contributed by atoms with Crippen LogP contribution in [0.2, 0.25) is 0 Å². The van der Waals surface area contributed by atoms with Gasteiger partial charge in [-0.15, -0.1) is 0 Å². The number of hydrogen-bond donors (Lipinski definition) is 0. The molecule has 0 saturated heterocycles. The first kappa shape index (κ1) is 18.0. The van der Waals surface area contributed by atoms with E-state index in [0.717, 1.165) is 0 Å². The van der Waals surface area contributed by atoms with E-state index in [9.17, 15) is 9.59 Å². The lowest BCUT2D eigenvalue weighted by atomic mass is 10.2. The molecule has 7 heteroatoms. The van der Waals surface area contributed by atoms with Crippen molar-refractivity contribution in [3.8, 4) is 11.4 Å². The molecule has 0 amide bonds. The SMILES string of the molecule is COC(=O)C(C)Sc1nc2ccccc2c(=O)n1-c1cccc(OC)c1. The van der Waals surface area contributed by atoms with E-state index in [-0.39, 0.29) is 11.5 Å². The molecule has 1 aromatic heterocycles. The van der Waals surface area contributed by atoms with Crippen LogP contribution in [0.4, 0.5) is 0 Å². The highest BCUT2D eigenvalue weighted by atomic mass is 32.2. The molecule has 0 aliphatic rings. The van der Waals surface area contributed by atoms with Crippen molar-refractivity contribution in [2.75, 3.05) is 14.2 Å². The van der Waals surface area contributed by atoms with E-state index < -0.39 is 5.25 Å². The fourth-order valence-electron chi connectivity index (χ4n) is 2.54. The minimum absolute atomic E-state index is 0.205. The second kappa shape index (κ2) is 7.61. The van der Waals surface area contributed by atoms with Gasteiger partial charge in [-0.3, -0.25) is 14.2 Å². The lowest BCUT2D eigenvalue weighted by Crippen LogP contribution is -2.24. The van der Waals surface area contributed by atoms with Crippen LogP contribution in [0.5, 0.6) is 5.75 Å². The Bertz CT molecular complexity index is 1020. The Labute approximate surface area is 154 Å². The Kier molecular flexibility index (Phi) is 5.27. The summed E-state index contributed by atoms with van der Waals surface area (Å²) in [6, 6.07) is 14.3. The first-order valence-corrected chi connectivity index (χ1v) is 8.84. The Morgan fingerprint density at radius 2 is 1.92 bits per heavy atom. The summed E-state index contributed by atoms with van der Waals surface area (Å²) in [6.07, 6.45) is 0. The highest BCUT2D eigenvalue weighted by Gasteiger charge is 2.20. The summed E-state index contributed by atoms with van der Waals surface area (Å²) >= 11 is 1.18. The van der Waals surface area contributed by atoms with Gasteiger partial charge in [0.05, 0.1) is 30.8 Å². The van der Waals surface area contributed by atoms with Crippen molar-refractivity contribution in [1.29, 1.82) is 0 Å². The first-order chi connectivity index (χ1) is 12.5. The molecule has 2 aromatic carbocycles. The number of methoxy groups -OCH3 is 2. The van der Waals surface area contributed by atoms with Crippen molar-refractivity contribution >= 4 is 28.6 Å². The number of fused-ring (bicyclic) bond motifs is 1. The van der Waals surface area contributed by atoms with E-state index >= 15 is 0 Å². The molecule has 0 bridgehead atoms. The average molecular weight is 370 g/mol. The van der Waals surface area contributed by atoms with Gasteiger partial charge < -0.3 is 9.47 Å². The fourth-order valence-corrected chi connectivity index (χ4v) is 3.49. The van der Waals surface area contributed by atoms with E-state index in [1.165, 1.54) is 23.4 Å². The molecule has 0 fully saturated rings. The van der Waals surface area contributed by atoms with Crippen LogP contribution < -0.4 is 10.3 Å². The molecule has 1 heterocycles. The van der Waals surface area contributed by atoms with Crippen molar-refractivity contribution in [1.82, 2.24) is 9.55 Å². The number of para-hydroxylation sites is 1. The molecule has 3 aromatic rings. The van der Waals surface area contributed by atoms with Crippen LogP contribution in [0.3, 0.4) is 0 Å². The number of ether oxygens (including phenoxy) is 2. The fraction of sp³-hybridized carbons (Fsp3) is 0.211. The van der Waals surface area contributed by atoms with Gasteiger partial charge in [-0.05, 0) is 31.2 Å². The summed E-state index contributed by atoms with van der Waals surface area (Å²) in [5.41, 5.74) is 0.992. The van der Waals surface area contributed by atoms with E-state index in [1.807, 2.05) is 6.07 Å². The van der Waals surface area contributed by atoms with Crippen LogP contribution in [0.25, 0.3) is 16.6 Å². The monoisotopic (exact) mass is 370 g/mol. The van der Waals surface area contributed by atoms with Gasteiger partial charge in [0.15, 0.2) is 5.16 Å². The molecule has 0 spiro atoms. The molecule has 0 saturated carbocycles. The smallest absolute Gasteiger partial charge is 0.318 e. The Hall–Kier alpha value is -2.80. The number of carbonyl (C=O) groups is 1. The van der Waals surface area contributed by atoms with E-state index in [4.69, 9.17) is 9.47 Å². The van der Waals surface area contributed by atoms with E-state index in [2.05, 4.69) is 4.98 Å². The number of esters is 1. The van der Waals surface area contributed by atoms with Crippen molar-refractivity contribution in [2.24, 2.45) is 0 Å². The van der Waals surface area contributed by atoms with Crippen molar-refractivity contribution in [3.63, 3.8) is 0 Å². The quantitative estimate of drug-likeness (QED) is 0.391. The molecular formula is C19H18N2O4S. The van der Waals surface area contributed by atoms with Crippen LogP contribution in [-0.2, 0) is 9.53 Å². The molecule has 26 heavy (non-hydrogen) atoms. The minimum Gasteiger partial charge on any atom is -0.497 e. The maximum atomic E-state index is 13.1. The second-order valence-corrected chi connectivity index (χ2v) is 6.84. The molecule has 0 radical (unpaired) electrons. The first-order valence-electron chi connectivity index (χ1n) is 7.96. The van der Waals surface area contributed by atoms with Crippen molar-refractivity contribution in [3.05, 3.63) is 58.9 Å². The third kappa shape index (κ3) is 3.43. The average Bonchev–Trinajstić information content (AvgIpc) is 2.67. The summed E-state index contributed by atoms with van der Waals surface area (Å²) < 4.78 is 11.5. The Morgan fingerprint density at radius 1 is 1.15 bits per heavy atom. The molecule has 0 N–H and O–H groups in total. The van der Waals surface area contributed by atoms with Crippen LogP contribution in [0, 0.1) is 0 Å². The number of rotatable bonds is 5. The summed E-state index contributed by atoms with van der Waals surface area (Å²) in [5.74, 6) is 0.245. The van der Waals surface area contributed by atoms with Crippen LogP contribution in [-0.4, -0.2) is 35.0 Å². The topological polar surface area (TPSA) is 70.4 Å². The van der Waals surface area contributed by atoms with Crippen LogP contribution >= 0.6 is 11.8 Å².